The number of aromatic nitrogens is 2. The number of carbonyl (C=O) groups is 4. The van der Waals surface area contributed by atoms with E-state index in [9.17, 15) is 24.3 Å². The van der Waals surface area contributed by atoms with E-state index >= 15 is 0 Å². The molecule has 14 nitrogen and oxygen atoms in total. The van der Waals surface area contributed by atoms with Crippen LogP contribution in [0, 0.1) is 5.92 Å². The summed E-state index contributed by atoms with van der Waals surface area (Å²) in [5.74, 6) is -3.05. The van der Waals surface area contributed by atoms with Gasteiger partial charge in [0.25, 0.3) is 0 Å². The summed E-state index contributed by atoms with van der Waals surface area (Å²) in [5.41, 5.74) is 16.8. The number of aliphatic imine (C=N–C) groups is 1. The molecule has 0 aliphatic rings. The van der Waals surface area contributed by atoms with Crippen molar-refractivity contribution in [2.24, 2.45) is 28.1 Å². The number of aromatic amines is 1. The van der Waals surface area contributed by atoms with Crippen LogP contribution in [0.5, 0.6) is 0 Å². The van der Waals surface area contributed by atoms with Crippen LogP contribution < -0.4 is 33.2 Å². The number of carboxylic acid groups (broad SMARTS) is 1. The van der Waals surface area contributed by atoms with Gasteiger partial charge in [0.2, 0.25) is 17.7 Å². The lowest BCUT2D eigenvalue weighted by Crippen LogP contribution is -2.54. The van der Waals surface area contributed by atoms with E-state index in [2.05, 4.69) is 30.9 Å². The maximum Gasteiger partial charge on any atom is 0.326 e. The summed E-state index contributed by atoms with van der Waals surface area (Å²) in [6, 6.07) is -3.06. The first-order valence-corrected chi connectivity index (χ1v) is 10.9. The summed E-state index contributed by atoms with van der Waals surface area (Å²) >= 11 is 0. The van der Waals surface area contributed by atoms with Crippen molar-refractivity contribution in [1.29, 1.82) is 0 Å². The fourth-order valence-electron chi connectivity index (χ4n) is 2.99. The first kappa shape index (κ1) is 28.4. The van der Waals surface area contributed by atoms with Crippen molar-refractivity contribution in [2.45, 2.75) is 57.7 Å². The number of hydrogen-bond donors (Lipinski definition) is 8. The highest BCUT2D eigenvalue weighted by Gasteiger charge is 2.28. The predicted octanol–water partition coefficient (Wildman–Crippen LogP) is -2.45. The van der Waals surface area contributed by atoms with Crippen LogP contribution in [0.2, 0.25) is 0 Å². The molecule has 0 radical (unpaired) electrons. The number of nitrogens with one attached hydrogen (secondary N) is 4. The van der Waals surface area contributed by atoms with E-state index in [1.807, 2.05) is 13.8 Å². The van der Waals surface area contributed by atoms with Gasteiger partial charge in [-0.2, -0.15) is 0 Å². The van der Waals surface area contributed by atoms with Crippen LogP contribution in [0.1, 0.15) is 38.8 Å². The lowest BCUT2D eigenvalue weighted by atomic mass is 10.0. The molecule has 0 bridgehead atoms. The van der Waals surface area contributed by atoms with Crippen LogP contribution in [0.15, 0.2) is 17.5 Å². The second-order valence-corrected chi connectivity index (χ2v) is 8.20. The van der Waals surface area contributed by atoms with Crippen LogP contribution in [0.4, 0.5) is 0 Å². The molecule has 0 saturated heterocycles. The summed E-state index contributed by atoms with van der Waals surface area (Å²) in [6.07, 6.45) is 3.96. The average Bonchev–Trinajstić information content (AvgIpc) is 3.26. The Morgan fingerprint density at radius 1 is 1.15 bits per heavy atom. The smallest absolute Gasteiger partial charge is 0.326 e. The van der Waals surface area contributed by atoms with Gasteiger partial charge in [0.15, 0.2) is 5.96 Å². The van der Waals surface area contributed by atoms with Crippen molar-refractivity contribution in [2.75, 3.05) is 13.1 Å². The molecule has 0 aromatic carbocycles. The molecule has 1 aromatic heterocycles. The van der Waals surface area contributed by atoms with Gasteiger partial charge >= 0.3 is 5.97 Å². The molecule has 0 spiro atoms. The molecular weight excluding hydrogens is 446 g/mol. The maximum atomic E-state index is 12.8. The number of nitrogens with two attached hydrogens (primary N) is 3. The molecule has 0 aliphatic carbocycles. The molecule has 0 saturated carbocycles. The van der Waals surface area contributed by atoms with Crippen LogP contribution in [0.25, 0.3) is 0 Å². The van der Waals surface area contributed by atoms with Gasteiger partial charge in [0.1, 0.15) is 12.1 Å². The first-order valence-electron chi connectivity index (χ1n) is 10.9. The van der Waals surface area contributed by atoms with Crippen molar-refractivity contribution >= 4 is 29.7 Å². The highest BCUT2D eigenvalue weighted by atomic mass is 16.4. The Balaban J connectivity index is 2.68. The van der Waals surface area contributed by atoms with Crippen LogP contribution >= 0.6 is 0 Å². The maximum absolute atomic E-state index is 12.8. The minimum atomic E-state index is -1.17. The fraction of sp³-hybridized carbons (Fsp3) is 0.600. The Bertz CT molecular complexity index is 837. The molecular formula is C20H35N9O5. The second kappa shape index (κ2) is 14.5. The molecule has 0 aliphatic heterocycles. The third-order valence-corrected chi connectivity index (χ3v) is 4.68. The standard InChI is InChI=1S/C20H35N9O5/c1-11(2)6-15(19(33)34)29-18(32)14(7-12-8-24-10-27-12)28-16(30)9-26-17(31)13(21)4-3-5-25-20(22)23/h8,10-11,13-15H,3-7,9,21H2,1-2H3,(H,24,27)(H,26,31)(H,28,30)(H,29,32)(H,33,34)(H4,22,23,25). The zero-order chi connectivity index (χ0) is 25.7. The zero-order valence-corrected chi connectivity index (χ0v) is 19.4. The Morgan fingerprint density at radius 3 is 2.41 bits per heavy atom. The van der Waals surface area contributed by atoms with Gasteiger partial charge in [-0.25, -0.2) is 9.78 Å². The van der Waals surface area contributed by atoms with Gasteiger partial charge in [-0.05, 0) is 25.2 Å². The summed E-state index contributed by atoms with van der Waals surface area (Å²) in [7, 11) is 0. The first-order chi connectivity index (χ1) is 16.0. The molecule has 3 unspecified atom stereocenters. The zero-order valence-electron chi connectivity index (χ0n) is 19.4. The summed E-state index contributed by atoms with van der Waals surface area (Å²) in [6.45, 7) is 3.57. The Hall–Kier alpha value is -3.68. The van der Waals surface area contributed by atoms with Crippen molar-refractivity contribution in [3.05, 3.63) is 18.2 Å². The lowest BCUT2D eigenvalue weighted by molar-refractivity contribution is -0.142. The molecule has 1 rings (SSSR count). The number of nitrogens with zero attached hydrogens (tertiary/aromatic N) is 2. The van der Waals surface area contributed by atoms with Gasteiger partial charge < -0.3 is 43.2 Å². The molecule has 3 atom stereocenters. The van der Waals surface area contributed by atoms with E-state index < -0.39 is 48.4 Å². The Labute approximate surface area is 197 Å². The lowest BCUT2D eigenvalue weighted by Gasteiger charge is -2.22. The number of hydrogen-bond acceptors (Lipinski definition) is 7. The van der Waals surface area contributed by atoms with Crippen molar-refractivity contribution in [3.63, 3.8) is 0 Å². The largest absolute Gasteiger partial charge is 0.480 e. The topological polar surface area (TPSA) is 244 Å². The molecule has 14 heteroatoms. The number of imidazole rings is 1. The van der Waals surface area contributed by atoms with Gasteiger partial charge in [0, 0.05) is 24.9 Å². The number of carboxylic acids is 1. The molecule has 34 heavy (non-hydrogen) atoms. The molecule has 1 aromatic rings. The summed E-state index contributed by atoms with van der Waals surface area (Å²) in [4.78, 5) is 59.3. The van der Waals surface area contributed by atoms with E-state index in [1.54, 1.807) is 0 Å². The van der Waals surface area contributed by atoms with Gasteiger partial charge in [-0.1, -0.05) is 13.8 Å². The highest BCUT2D eigenvalue weighted by Crippen LogP contribution is 2.07. The third-order valence-electron chi connectivity index (χ3n) is 4.68. The molecule has 190 valence electrons. The van der Waals surface area contributed by atoms with Gasteiger partial charge in [-0.15, -0.1) is 0 Å². The van der Waals surface area contributed by atoms with Crippen molar-refractivity contribution in [3.8, 4) is 0 Å². The van der Waals surface area contributed by atoms with Crippen molar-refractivity contribution in [1.82, 2.24) is 25.9 Å². The van der Waals surface area contributed by atoms with Crippen LogP contribution in [0.3, 0.4) is 0 Å². The van der Waals surface area contributed by atoms with Gasteiger partial charge in [0.05, 0.1) is 18.9 Å². The Kier molecular flexibility index (Phi) is 12.1. The quantitative estimate of drug-likeness (QED) is 0.0751. The minimum absolute atomic E-state index is 0.0286. The SMILES string of the molecule is CC(C)CC(NC(=O)C(Cc1cnc[nH]1)NC(=O)CNC(=O)C(N)CCCN=C(N)N)C(=O)O. The third kappa shape index (κ3) is 11.3. The van der Waals surface area contributed by atoms with E-state index in [-0.39, 0.29) is 24.7 Å². The number of rotatable bonds is 15. The predicted molar refractivity (Wildman–Crippen MR) is 124 cm³/mol. The minimum Gasteiger partial charge on any atom is -0.480 e. The number of guanidine groups is 1. The number of carbonyl (C=O) groups excluding carboxylic acids is 3. The summed E-state index contributed by atoms with van der Waals surface area (Å²) < 4.78 is 0. The van der Waals surface area contributed by atoms with E-state index in [0.29, 0.717) is 25.1 Å². The fourth-order valence-corrected chi connectivity index (χ4v) is 2.99. The number of aliphatic carboxylic acids is 1. The van der Waals surface area contributed by atoms with E-state index in [1.165, 1.54) is 12.5 Å². The number of amides is 3. The van der Waals surface area contributed by atoms with Gasteiger partial charge in [-0.3, -0.25) is 19.4 Å². The van der Waals surface area contributed by atoms with Crippen molar-refractivity contribution < 1.29 is 24.3 Å². The Morgan fingerprint density at radius 2 is 1.85 bits per heavy atom. The van der Waals surface area contributed by atoms with Crippen LogP contribution in [-0.4, -0.2) is 75.9 Å². The summed E-state index contributed by atoms with van der Waals surface area (Å²) in [5, 5.41) is 16.8. The monoisotopic (exact) mass is 481 g/mol. The molecule has 11 N–H and O–H groups in total. The molecule has 3 amide bonds. The second-order valence-electron chi connectivity index (χ2n) is 8.20. The van der Waals surface area contributed by atoms with Crippen LogP contribution in [-0.2, 0) is 25.6 Å². The molecule has 1 heterocycles. The van der Waals surface area contributed by atoms with E-state index in [4.69, 9.17) is 17.2 Å². The molecule has 0 fully saturated rings. The van der Waals surface area contributed by atoms with E-state index in [0.717, 1.165) is 0 Å². The highest BCUT2D eigenvalue weighted by molar-refractivity contribution is 5.92. The average molecular weight is 482 g/mol. The normalized spacial score (nSPS) is 13.4. The number of H-pyrrole nitrogens is 1.